The summed E-state index contributed by atoms with van der Waals surface area (Å²) >= 11 is 0. The van der Waals surface area contributed by atoms with Crippen molar-refractivity contribution in [3.63, 3.8) is 0 Å². The van der Waals surface area contributed by atoms with Crippen LogP contribution in [0, 0.1) is 13.8 Å². The van der Waals surface area contributed by atoms with E-state index in [1.807, 2.05) is 63.2 Å². The van der Waals surface area contributed by atoms with Gasteiger partial charge in [0.25, 0.3) is 0 Å². The van der Waals surface area contributed by atoms with Crippen molar-refractivity contribution in [2.45, 2.75) is 26.8 Å². The number of hydrogen-bond donors (Lipinski definition) is 1. The Labute approximate surface area is 149 Å². The molecule has 0 fully saturated rings. The fourth-order valence-corrected chi connectivity index (χ4v) is 3.52. The lowest BCUT2D eigenvalue weighted by Crippen LogP contribution is -2.41. The van der Waals surface area contributed by atoms with Crippen LogP contribution in [0.2, 0.25) is 0 Å². The first kappa shape index (κ1) is 19.0. The average molecular weight is 360 g/mol. The summed E-state index contributed by atoms with van der Waals surface area (Å²) in [6, 6.07) is 14.9. The number of benzene rings is 2. The van der Waals surface area contributed by atoms with Gasteiger partial charge in [0.15, 0.2) is 0 Å². The maximum absolute atomic E-state index is 12.4. The molecular formula is C19H24N2O3S. The van der Waals surface area contributed by atoms with E-state index >= 15 is 0 Å². The van der Waals surface area contributed by atoms with Crippen LogP contribution in [0.25, 0.3) is 0 Å². The minimum absolute atomic E-state index is 0.200. The number of nitrogens with one attached hydrogen (secondary N) is 1. The van der Waals surface area contributed by atoms with E-state index in [4.69, 9.17) is 0 Å². The van der Waals surface area contributed by atoms with Gasteiger partial charge in [0.05, 0.1) is 18.0 Å². The number of rotatable bonds is 6. The molecule has 0 aliphatic rings. The van der Waals surface area contributed by atoms with Crippen LogP contribution in [0.1, 0.15) is 29.7 Å². The van der Waals surface area contributed by atoms with E-state index in [-0.39, 0.29) is 18.5 Å². The number of amides is 1. The molecule has 0 heterocycles. The SMILES string of the molecule is Cc1ccc(C)c(N(CC(=O)N[C@H](C)c2ccccc2)S(C)(=O)=O)c1. The van der Waals surface area contributed by atoms with Crippen LogP contribution in [0.15, 0.2) is 48.5 Å². The highest BCUT2D eigenvalue weighted by atomic mass is 32.2. The van der Waals surface area contributed by atoms with Gasteiger partial charge in [-0.15, -0.1) is 0 Å². The van der Waals surface area contributed by atoms with Crippen LogP contribution < -0.4 is 9.62 Å². The Morgan fingerprint density at radius 2 is 1.76 bits per heavy atom. The second kappa shape index (κ2) is 7.70. The predicted molar refractivity (Wildman–Crippen MR) is 101 cm³/mol. The van der Waals surface area contributed by atoms with Crippen molar-refractivity contribution in [1.82, 2.24) is 5.32 Å². The van der Waals surface area contributed by atoms with E-state index in [1.54, 1.807) is 6.07 Å². The zero-order chi connectivity index (χ0) is 18.6. The van der Waals surface area contributed by atoms with Crippen molar-refractivity contribution in [2.75, 3.05) is 17.1 Å². The average Bonchev–Trinajstić information content (AvgIpc) is 2.55. The molecule has 134 valence electrons. The van der Waals surface area contributed by atoms with E-state index < -0.39 is 10.0 Å². The molecule has 0 aliphatic heterocycles. The summed E-state index contributed by atoms with van der Waals surface area (Å²) in [4.78, 5) is 12.4. The van der Waals surface area contributed by atoms with Gasteiger partial charge in [-0.3, -0.25) is 9.10 Å². The Morgan fingerprint density at radius 3 is 2.36 bits per heavy atom. The third-order valence-electron chi connectivity index (χ3n) is 4.00. The van der Waals surface area contributed by atoms with Gasteiger partial charge in [-0.1, -0.05) is 42.5 Å². The molecule has 5 nitrogen and oxygen atoms in total. The summed E-state index contributed by atoms with van der Waals surface area (Å²) in [6.07, 6.45) is 1.11. The molecule has 0 spiro atoms. The summed E-state index contributed by atoms with van der Waals surface area (Å²) in [7, 11) is -3.58. The largest absolute Gasteiger partial charge is 0.348 e. The van der Waals surface area contributed by atoms with Crippen molar-refractivity contribution >= 4 is 21.6 Å². The lowest BCUT2D eigenvalue weighted by Gasteiger charge is -2.25. The normalized spacial score (nSPS) is 12.5. The summed E-state index contributed by atoms with van der Waals surface area (Å²) in [5.41, 5.74) is 3.24. The number of carbonyl (C=O) groups is 1. The highest BCUT2D eigenvalue weighted by molar-refractivity contribution is 7.92. The van der Waals surface area contributed by atoms with E-state index in [9.17, 15) is 13.2 Å². The van der Waals surface area contributed by atoms with Gasteiger partial charge >= 0.3 is 0 Å². The Morgan fingerprint density at radius 1 is 1.12 bits per heavy atom. The molecule has 0 saturated carbocycles. The lowest BCUT2D eigenvalue weighted by molar-refractivity contribution is -0.120. The van der Waals surface area contributed by atoms with Crippen LogP contribution in [-0.4, -0.2) is 27.1 Å². The Kier molecular flexibility index (Phi) is 5.85. The van der Waals surface area contributed by atoms with Crippen LogP contribution in [-0.2, 0) is 14.8 Å². The van der Waals surface area contributed by atoms with Crippen molar-refractivity contribution in [3.8, 4) is 0 Å². The maximum Gasteiger partial charge on any atom is 0.241 e. The van der Waals surface area contributed by atoms with Crippen LogP contribution in [0.3, 0.4) is 0 Å². The van der Waals surface area contributed by atoms with Gasteiger partial charge in [0, 0.05) is 0 Å². The van der Waals surface area contributed by atoms with Crippen LogP contribution in [0.4, 0.5) is 5.69 Å². The second-order valence-corrected chi connectivity index (χ2v) is 8.17. The molecule has 0 aliphatic carbocycles. The molecular weight excluding hydrogens is 336 g/mol. The molecule has 1 amide bonds. The summed E-state index contributed by atoms with van der Waals surface area (Å²) < 4.78 is 25.6. The van der Waals surface area contributed by atoms with Gasteiger partial charge < -0.3 is 5.32 Å². The Balaban J connectivity index is 2.20. The molecule has 0 saturated heterocycles. The number of aryl methyl sites for hydroxylation is 2. The molecule has 0 bridgehead atoms. The highest BCUT2D eigenvalue weighted by Crippen LogP contribution is 2.24. The van der Waals surface area contributed by atoms with E-state index in [1.165, 1.54) is 0 Å². The quantitative estimate of drug-likeness (QED) is 0.861. The van der Waals surface area contributed by atoms with Gasteiger partial charge in [-0.05, 0) is 43.5 Å². The van der Waals surface area contributed by atoms with Gasteiger partial charge in [0.1, 0.15) is 6.54 Å². The molecule has 25 heavy (non-hydrogen) atoms. The molecule has 6 heteroatoms. The molecule has 0 radical (unpaired) electrons. The molecule has 1 atom stereocenters. The predicted octanol–water partition coefficient (Wildman–Crippen LogP) is 2.95. The van der Waals surface area contributed by atoms with Crippen molar-refractivity contribution in [3.05, 3.63) is 65.2 Å². The lowest BCUT2D eigenvalue weighted by atomic mass is 10.1. The first-order valence-corrected chi connectivity index (χ1v) is 9.92. The van der Waals surface area contributed by atoms with E-state index in [0.29, 0.717) is 5.69 Å². The number of anilines is 1. The fraction of sp³-hybridized carbons (Fsp3) is 0.316. The number of sulfonamides is 1. The Hall–Kier alpha value is -2.34. The third-order valence-corrected chi connectivity index (χ3v) is 5.12. The van der Waals surface area contributed by atoms with Crippen molar-refractivity contribution in [1.29, 1.82) is 0 Å². The van der Waals surface area contributed by atoms with Crippen molar-refractivity contribution < 1.29 is 13.2 Å². The third kappa shape index (κ3) is 5.06. The molecule has 2 aromatic carbocycles. The van der Waals surface area contributed by atoms with Crippen molar-refractivity contribution in [2.24, 2.45) is 0 Å². The molecule has 1 N–H and O–H groups in total. The number of hydrogen-bond acceptors (Lipinski definition) is 3. The highest BCUT2D eigenvalue weighted by Gasteiger charge is 2.23. The standard InChI is InChI=1S/C19H24N2O3S/c1-14-10-11-15(2)18(12-14)21(25(4,23)24)13-19(22)20-16(3)17-8-6-5-7-9-17/h5-12,16H,13H2,1-4H3,(H,20,22)/t16-/m1/s1. The van der Waals surface area contributed by atoms with E-state index in [2.05, 4.69) is 5.32 Å². The second-order valence-electron chi connectivity index (χ2n) is 6.26. The van der Waals surface area contributed by atoms with Gasteiger partial charge in [0.2, 0.25) is 15.9 Å². The monoisotopic (exact) mass is 360 g/mol. The maximum atomic E-state index is 12.4. The fourth-order valence-electron chi connectivity index (χ4n) is 2.61. The smallest absolute Gasteiger partial charge is 0.241 e. The molecule has 0 aromatic heterocycles. The zero-order valence-corrected chi connectivity index (χ0v) is 15.8. The van der Waals surface area contributed by atoms with Gasteiger partial charge in [-0.25, -0.2) is 8.42 Å². The molecule has 0 unspecified atom stereocenters. The topological polar surface area (TPSA) is 66.5 Å². The minimum Gasteiger partial charge on any atom is -0.348 e. The summed E-state index contributed by atoms with van der Waals surface area (Å²) in [6.45, 7) is 5.34. The molecule has 2 aromatic rings. The number of carbonyl (C=O) groups excluding carboxylic acids is 1. The van der Waals surface area contributed by atoms with E-state index in [0.717, 1.165) is 27.3 Å². The minimum atomic E-state index is -3.58. The zero-order valence-electron chi connectivity index (χ0n) is 15.0. The number of nitrogens with zero attached hydrogens (tertiary/aromatic N) is 1. The molecule has 2 rings (SSSR count). The Bertz CT molecular complexity index is 848. The van der Waals surface area contributed by atoms with Crippen LogP contribution in [0.5, 0.6) is 0 Å². The summed E-state index contributed by atoms with van der Waals surface area (Å²) in [5.74, 6) is -0.345. The van der Waals surface area contributed by atoms with Gasteiger partial charge in [-0.2, -0.15) is 0 Å². The van der Waals surface area contributed by atoms with Crippen LogP contribution >= 0.6 is 0 Å². The summed E-state index contributed by atoms with van der Waals surface area (Å²) in [5, 5.41) is 2.86. The first-order valence-electron chi connectivity index (χ1n) is 8.08. The first-order chi connectivity index (χ1) is 11.7.